The Kier molecular flexibility index (Phi) is 7.36. The molecule has 1 aliphatic heterocycles. The van der Waals surface area contributed by atoms with Crippen LogP contribution in [0.3, 0.4) is 0 Å². The number of hydrogen-bond acceptors (Lipinski definition) is 6. The number of anilines is 1. The number of methoxy groups -OCH3 is 3. The standard InChI is InChI=1S/C23H28N2O6/c1-28-16-8-9-20(30-3)18(14-16)25-22(27)21(26)24-15-23(10-12-31-13-11-23)17-6-4-5-7-19(17)29-2/h4-9,14H,10-13,15H2,1-3H3,(H,24,26)(H,25,27). The minimum absolute atomic E-state index is 0.290. The van der Waals surface area contributed by atoms with E-state index in [4.69, 9.17) is 18.9 Å². The Bertz CT molecular complexity index is 924. The normalized spacial score (nSPS) is 14.9. The molecule has 2 aromatic rings. The zero-order valence-electron chi connectivity index (χ0n) is 18.0. The highest BCUT2D eigenvalue weighted by molar-refractivity contribution is 6.39. The van der Waals surface area contributed by atoms with Crippen molar-refractivity contribution in [2.75, 3.05) is 46.4 Å². The third-order valence-corrected chi connectivity index (χ3v) is 5.58. The van der Waals surface area contributed by atoms with Gasteiger partial charge in [-0.15, -0.1) is 0 Å². The number of para-hydroxylation sites is 1. The van der Waals surface area contributed by atoms with E-state index in [0.717, 1.165) is 11.3 Å². The summed E-state index contributed by atoms with van der Waals surface area (Å²) in [5.41, 5.74) is 0.970. The number of hydrogen-bond donors (Lipinski definition) is 2. The molecule has 0 spiro atoms. The summed E-state index contributed by atoms with van der Waals surface area (Å²) >= 11 is 0. The van der Waals surface area contributed by atoms with Gasteiger partial charge >= 0.3 is 11.8 Å². The molecule has 0 aliphatic carbocycles. The van der Waals surface area contributed by atoms with Crippen LogP contribution < -0.4 is 24.8 Å². The molecular weight excluding hydrogens is 400 g/mol. The summed E-state index contributed by atoms with van der Waals surface area (Å²) in [6, 6.07) is 12.7. The van der Waals surface area contributed by atoms with Crippen molar-refractivity contribution in [2.45, 2.75) is 18.3 Å². The second-order valence-corrected chi connectivity index (χ2v) is 7.30. The molecule has 3 rings (SSSR count). The average molecular weight is 428 g/mol. The number of ether oxygens (including phenoxy) is 4. The lowest BCUT2D eigenvalue weighted by molar-refractivity contribution is -0.136. The summed E-state index contributed by atoms with van der Waals surface area (Å²) in [5.74, 6) is 0.203. The molecule has 166 valence electrons. The summed E-state index contributed by atoms with van der Waals surface area (Å²) in [7, 11) is 4.63. The summed E-state index contributed by atoms with van der Waals surface area (Å²) in [5, 5.41) is 5.39. The number of nitrogens with one attached hydrogen (secondary N) is 2. The van der Waals surface area contributed by atoms with Gasteiger partial charge in [0, 0.05) is 36.8 Å². The van der Waals surface area contributed by atoms with Gasteiger partial charge in [-0.25, -0.2) is 0 Å². The average Bonchev–Trinajstić information content (AvgIpc) is 2.82. The summed E-state index contributed by atoms with van der Waals surface area (Å²) < 4.78 is 21.5. The minimum atomic E-state index is -0.784. The van der Waals surface area contributed by atoms with E-state index in [1.165, 1.54) is 14.2 Å². The van der Waals surface area contributed by atoms with Gasteiger partial charge in [-0.05, 0) is 31.0 Å². The van der Waals surface area contributed by atoms with Crippen LogP contribution in [0, 0.1) is 0 Å². The molecule has 31 heavy (non-hydrogen) atoms. The molecular formula is C23H28N2O6. The van der Waals surface area contributed by atoms with Crippen molar-refractivity contribution in [3.05, 3.63) is 48.0 Å². The third-order valence-electron chi connectivity index (χ3n) is 5.58. The summed E-state index contributed by atoms with van der Waals surface area (Å²) in [6.07, 6.45) is 1.41. The van der Waals surface area contributed by atoms with Gasteiger partial charge in [-0.2, -0.15) is 0 Å². The fraction of sp³-hybridized carbons (Fsp3) is 0.391. The Balaban J connectivity index is 1.74. The predicted octanol–water partition coefficient (Wildman–Crippen LogP) is 2.52. The van der Waals surface area contributed by atoms with E-state index in [0.29, 0.717) is 43.2 Å². The van der Waals surface area contributed by atoms with Gasteiger partial charge in [-0.3, -0.25) is 9.59 Å². The smallest absolute Gasteiger partial charge is 0.313 e. The Morgan fingerprint density at radius 1 is 0.935 bits per heavy atom. The molecule has 0 saturated carbocycles. The van der Waals surface area contributed by atoms with E-state index in [-0.39, 0.29) is 12.0 Å². The van der Waals surface area contributed by atoms with Crippen LogP contribution >= 0.6 is 0 Å². The molecule has 2 amide bonds. The molecule has 1 aliphatic rings. The highest BCUT2D eigenvalue weighted by Crippen LogP contribution is 2.39. The molecule has 8 heteroatoms. The highest BCUT2D eigenvalue weighted by Gasteiger charge is 2.37. The Morgan fingerprint density at radius 2 is 1.65 bits per heavy atom. The van der Waals surface area contributed by atoms with Crippen LogP contribution in [-0.4, -0.2) is 52.9 Å². The second-order valence-electron chi connectivity index (χ2n) is 7.30. The maximum Gasteiger partial charge on any atom is 0.313 e. The topological polar surface area (TPSA) is 95.1 Å². The highest BCUT2D eigenvalue weighted by atomic mass is 16.5. The molecule has 0 unspecified atom stereocenters. The summed E-state index contributed by atoms with van der Waals surface area (Å²) in [6.45, 7) is 1.43. The van der Waals surface area contributed by atoms with Gasteiger partial charge in [0.15, 0.2) is 0 Å². The van der Waals surface area contributed by atoms with Crippen molar-refractivity contribution < 1.29 is 28.5 Å². The molecule has 0 radical (unpaired) electrons. The Labute approximate surface area is 181 Å². The zero-order valence-corrected chi connectivity index (χ0v) is 18.0. The first-order valence-corrected chi connectivity index (χ1v) is 10.1. The lowest BCUT2D eigenvalue weighted by atomic mass is 9.73. The van der Waals surface area contributed by atoms with Gasteiger partial charge < -0.3 is 29.6 Å². The number of carbonyl (C=O) groups excluding carboxylic acids is 2. The SMILES string of the molecule is COc1ccc(OC)c(NC(=O)C(=O)NCC2(c3ccccc3OC)CCOCC2)c1. The Hall–Kier alpha value is -3.26. The van der Waals surface area contributed by atoms with Crippen LogP contribution in [0.15, 0.2) is 42.5 Å². The third kappa shape index (κ3) is 5.08. The van der Waals surface area contributed by atoms with Crippen molar-refractivity contribution in [2.24, 2.45) is 0 Å². The molecule has 0 bridgehead atoms. The van der Waals surface area contributed by atoms with Crippen LogP contribution in [0.2, 0.25) is 0 Å². The Morgan fingerprint density at radius 3 is 2.32 bits per heavy atom. The van der Waals surface area contributed by atoms with Crippen molar-refractivity contribution >= 4 is 17.5 Å². The van der Waals surface area contributed by atoms with Crippen molar-refractivity contribution in [3.63, 3.8) is 0 Å². The zero-order chi connectivity index (χ0) is 22.3. The number of amides is 2. The quantitative estimate of drug-likeness (QED) is 0.658. The second kappa shape index (κ2) is 10.2. The van der Waals surface area contributed by atoms with E-state index in [1.54, 1.807) is 25.3 Å². The van der Waals surface area contributed by atoms with Gasteiger partial charge in [0.2, 0.25) is 0 Å². The maximum atomic E-state index is 12.6. The minimum Gasteiger partial charge on any atom is -0.497 e. The monoisotopic (exact) mass is 428 g/mol. The number of rotatable bonds is 7. The molecule has 2 aromatic carbocycles. The van der Waals surface area contributed by atoms with Crippen LogP contribution in [0.4, 0.5) is 5.69 Å². The predicted molar refractivity (Wildman–Crippen MR) is 116 cm³/mol. The van der Waals surface area contributed by atoms with Crippen molar-refractivity contribution in [1.82, 2.24) is 5.32 Å². The fourth-order valence-corrected chi connectivity index (χ4v) is 3.81. The van der Waals surface area contributed by atoms with E-state index < -0.39 is 11.8 Å². The van der Waals surface area contributed by atoms with E-state index in [9.17, 15) is 9.59 Å². The summed E-state index contributed by atoms with van der Waals surface area (Å²) in [4.78, 5) is 25.2. The van der Waals surface area contributed by atoms with Gasteiger partial charge in [-0.1, -0.05) is 18.2 Å². The largest absolute Gasteiger partial charge is 0.497 e. The molecule has 1 heterocycles. The van der Waals surface area contributed by atoms with E-state index in [2.05, 4.69) is 10.6 Å². The first kappa shape index (κ1) is 22.4. The van der Waals surface area contributed by atoms with Crippen LogP contribution in [0.25, 0.3) is 0 Å². The molecule has 1 fully saturated rings. The van der Waals surface area contributed by atoms with Crippen LogP contribution in [0.5, 0.6) is 17.2 Å². The fourth-order valence-electron chi connectivity index (χ4n) is 3.81. The van der Waals surface area contributed by atoms with Crippen LogP contribution in [0.1, 0.15) is 18.4 Å². The number of carbonyl (C=O) groups is 2. The van der Waals surface area contributed by atoms with Gasteiger partial charge in [0.25, 0.3) is 0 Å². The maximum absolute atomic E-state index is 12.6. The van der Waals surface area contributed by atoms with Crippen molar-refractivity contribution in [1.29, 1.82) is 0 Å². The molecule has 0 atom stereocenters. The van der Waals surface area contributed by atoms with E-state index in [1.807, 2.05) is 24.3 Å². The lowest BCUT2D eigenvalue weighted by Gasteiger charge is -2.38. The molecule has 1 saturated heterocycles. The lowest BCUT2D eigenvalue weighted by Crippen LogP contribution is -2.47. The van der Waals surface area contributed by atoms with Crippen LogP contribution in [-0.2, 0) is 19.7 Å². The number of benzene rings is 2. The van der Waals surface area contributed by atoms with Gasteiger partial charge in [0.1, 0.15) is 17.2 Å². The van der Waals surface area contributed by atoms with Gasteiger partial charge in [0.05, 0.1) is 27.0 Å². The van der Waals surface area contributed by atoms with E-state index >= 15 is 0 Å². The van der Waals surface area contributed by atoms with Crippen molar-refractivity contribution in [3.8, 4) is 17.2 Å². The molecule has 0 aromatic heterocycles. The first-order valence-electron chi connectivity index (χ1n) is 10.1. The molecule has 8 nitrogen and oxygen atoms in total. The molecule has 2 N–H and O–H groups in total. The first-order chi connectivity index (χ1) is 15.0.